The van der Waals surface area contributed by atoms with Gasteiger partial charge in [-0.05, 0) is 24.6 Å². The number of fused-ring (bicyclic) bond motifs is 5. The third-order valence-electron chi connectivity index (χ3n) is 5.39. The van der Waals surface area contributed by atoms with Gasteiger partial charge in [-0.25, -0.2) is 0 Å². The van der Waals surface area contributed by atoms with Crippen LogP contribution in [0.2, 0.25) is 0 Å². The smallest absolute Gasteiger partial charge is 0.194 e. The van der Waals surface area contributed by atoms with Gasteiger partial charge in [0.1, 0.15) is 35.4 Å². The van der Waals surface area contributed by atoms with Crippen LogP contribution in [0.1, 0.15) is 46.2 Å². The lowest BCUT2D eigenvalue weighted by Gasteiger charge is -2.42. The molecule has 2 aromatic carbocycles. The zero-order valence-electron chi connectivity index (χ0n) is 14.1. The Kier molecular flexibility index (Phi) is 3.45. The summed E-state index contributed by atoms with van der Waals surface area (Å²) in [6.07, 6.45) is -4.91. The van der Waals surface area contributed by atoms with Crippen molar-refractivity contribution in [3.63, 3.8) is 0 Å². The summed E-state index contributed by atoms with van der Waals surface area (Å²) in [5.74, 6) is -0.363. The Morgan fingerprint density at radius 2 is 1.81 bits per heavy atom. The first-order chi connectivity index (χ1) is 12.2. The van der Waals surface area contributed by atoms with E-state index >= 15 is 0 Å². The number of ether oxygens (including phenoxy) is 1. The standard InChI is InChI=1S/C19H18O7/c1-19(25)17(23)8-6-9(20)13-11-7(4-3-5-10(11)26-2)15(21)14(13)12(8)16(22)18(19)24/h3-6,16-18,20,22-25H,1-2H3. The number of aliphatic hydroxyl groups is 4. The Bertz CT molecular complexity index is 947. The molecule has 136 valence electrons. The molecule has 0 bridgehead atoms. The van der Waals surface area contributed by atoms with Gasteiger partial charge in [0.15, 0.2) is 5.78 Å². The van der Waals surface area contributed by atoms with E-state index in [-0.39, 0.29) is 33.6 Å². The highest BCUT2D eigenvalue weighted by Crippen LogP contribution is 2.54. The Labute approximate surface area is 148 Å². The summed E-state index contributed by atoms with van der Waals surface area (Å²) >= 11 is 0. The van der Waals surface area contributed by atoms with E-state index in [0.717, 1.165) is 0 Å². The second-order valence-electron chi connectivity index (χ2n) is 6.88. The molecule has 0 aliphatic heterocycles. The second-order valence-corrected chi connectivity index (χ2v) is 6.88. The third-order valence-corrected chi connectivity index (χ3v) is 5.39. The minimum atomic E-state index is -2.04. The van der Waals surface area contributed by atoms with Gasteiger partial charge in [-0.1, -0.05) is 12.1 Å². The number of carbonyl (C=O) groups is 1. The fraction of sp³-hybridized carbons (Fsp3) is 0.316. The molecule has 2 aliphatic carbocycles. The molecule has 5 N–H and O–H groups in total. The Morgan fingerprint density at radius 1 is 1.12 bits per heavy atom. The molecule has 0 spiro atoms. The third kappa shape index (κ3) is 1.88. The van der Waals surface area contributed by atoms with Crippen LogP contribution in [0.15, 0.2) is 24.3 Å². The Balaban J connectivity index is 2.09. The highest BCUT2D eigenvalue weighted by Gasteiger charge is 2.52. The van der Waals surface area contributed by atoms with Crippen LogP contribution in [-0.4, -0.2) is 50.1 Å². The highest BCUT2D eigenvalue weighted by molar-refractivity contribution is 6.24. The number of methoxy groups -OCH3 is 1. The second kappa shape index (κ2) is 5.28. The molecule has 0 radical (unpaired) electrons. The molecule has 4 unspecified atom stereocenters. The first-order valence-corrected chi connectivity index (χ1v) is 8.10. The molecule has 0 fully saturated rings. The van der Waals surface area contributed by atoms with Crippen LogP contribution >= 0.6 is 0 Å². The van der Waals surface area contributed by atoms with Crippen LogP contribution in [0.4, 0.5) is 0 Å². The molecule has 0 saturated heterocycles. The van der Waals surface area contributed by atoms with Crippen LogP contribution in [0.25, 0.3) is 11.1 Å². The van der Waals surface area contributed by atoms with E-state index in [1.807, 2.05) is 0 Å². The van der Waals surface area contributed by atoms with Crippen LogP contribution in [0, 0.1) is 0 Å². The molecule has 4 rings (SSSR count). The van der Waals surface area contributed by atoms with E-state index in [1.165, 1.54) is 20.1 Å². The van der Waals surface area contributed by atoms with Gasteiger partial charge in [0.25, 0.3) is 0 Å². The summed E-state index contributed by atoms with van der Waals surface area (Å²) in [4.78, 5) is 13.0. The van der Waals surface area contributed by atoms with Gasteiger partial charge < -0.3 is 30.3 Å². The van der Waals surface area contributed by atoms with Crippen molar-refractivity contribution in [2.75, 3.05) is 7.11 Å². The topological polar surface area (TPSA) is 127 Å². The first kappa shape index (κ1) is 17.0. The average Bonchev–Trinajstić information content (AvgIpc) is 2.92. The number of aromatic hydroxyl groups is 1. The first-order valence-electron chi connectivity index (χ1n) is 8.10. The summed E-state index contributed by atoms with van der Waals surface area (Å²) < 4.78 is 5.30. The van der Waals surface area contributed by atoms with E-state index in [0.29, 0.717) is 11.3 Å². The monoisotopic (exact) mass is 358 g/mol. The van der Waals surface area contributed by atoms with E-state index < -0.39 is 29.7 Å². The molecule has 0 heterocycles. The van der Waals surface area contributed by atoms with Gasteiger partial charge in [-0.15, -0.1) is 0 Å². The van der Waals surface area contributed by atoms with Crippen molar-refractivity contribution in [3.05, 3.63) is 46.5 Å². The number of aliphatic hydroxyl groups excluding tert-OH is 3. The molecule has 0 saturated carbocycles. The van der Waals surface area contributed by atoms with Gasteiger partial charge in [0.2, 0.25) is 0 Å². The van der Waals surface area contributed by atoms with Crippen molar-refractivity contribution in [1.29, 1.82) is 0 Å². The van der Waals surface area contributed by atoms with Crippen LogP contribution in [0.3, 0.4) is 0 Å². The van der Waals surface area contributed by atoms with Crippen LogP contribution in [0.5, 0.6) is 11.5 Å². The number of benzene rings is 2. The molecule has 2 aliphatic rings. The van der Waals surface area contributed by atoms with E-state index in [2.05, 4.69) is 0 Å². The number of hydrogen-bond acceptors (Lipinski definition) is 7. The van der Waals surface area contributed by atoms with E-state index in [9.17, 15) is 30.3 Å². The number of ketones is 1. The Hall–Kier alpha value is -2.45. The average molecular weight is 358 g/mol. The lowest BCUT2D eigenvalue weighted by Crippen LogP contribution is -2.52. The van der Waals surface area contributed by atoms with Gasteiger partial charge >= 0.3 is 0 Å². The highest BCUT2D eigenvalue weighted by atomic mass is 16.5. The molecule has 26 heavy (non-hydrogen) atoms. The van der Waals surface area contributed by atoms with Gasteiger partial charge in [-0.3, -0.25) is 4.79 Å². The summed E-state index contributed by atoms with van der Waals surface area (Å²) in [6.45, 7) is 1.18. The summed E-state index contributed by atoms with van der Waals surface area (Å²) in [7, 11) is 1.44. The van der Waals surface area contributed by atoms with Crippen LogP contribution < -0.4 is 4.74 Å². The van der Waals surface area contributed by atoms with Gasteiger partial charge in [0, 0.05) is 27.8 Å². The zero-order valence-corrected chi connectivity index (χ0v) is 14.1. The van der Waals surface area contributed by atoms with Crippen LogP contribution in [-0.2, 0) is 0 Å². The largest absolute Gasteiger partial charge is 0.507 e. The predicted molar refractivity (Wildman–Crippen MR) is 90.1 cm³/mol. The van der Waals surface area contributed by atoms with Crippen molar-refractivity contribution in [2.24, 2.45) is 0 Å². The number of hydrogen-bond donors (Lipinski definition) is 5. The molecule has 0 amide bonds. The van der Waals surface area contributed by atoms with Crippen molar-refractivity contribution in [1.82, 2.24) is 0 Å². The normalized spacial score (nSPS) is 29.2. The van der Waals surface area contributed by atoms with E-state index in [1.54, 1.807) is 18.2 Å². The molecule has 0 aromatic heterocycles. The molecule has 7 heteroatoms. The number of carbonyl (C=O) groups excluding carboxylic acids is 1. The van der Waals surface area contributed by atoms with E-state index in [4.69, 9.17) is 4.74 Å². The van der Waals surface area contributed by atoms with Crippen molar-refractivity contribution < 1.29 is 35.1 Å². The number of rotatable bonds is 1. The van der Waals surface area contributed by atoms with Crippen molar-refractivity contribution in [2.45, 2.75) is 30.8 Å². The lowest BCUT2D eigenvalue weighted by molar-refractivity contribution is -0.181. The number of phenolic OH excluding ortho intramolecular Hbond substituents is 1. The molecule has 2 aromatic rings. The fourth-order valence-electron chi connectivity index (χ4n) is 3.98. The van der Waals surface area contributed by atoms with Gasteiger partial charge in [0.05, 0.1) is 7.11 Å². The van der Waals surface area contributed by atoms with Crippen molar-refractivity contribution >= 4 is 5.78 Å². The molecular weight excluding hydrogens is 340 g/mol. The molecular formula is C19H18O7. The molecule has 7 nitrogen and oxygen atoms in total. The van der Waals surface area contributed by atoms with Crippen molar-refractivity contribution in [3.8, 4) is 22.6 Å². The SMILES string of the molecule is COc1cccc2c1-c1c(O)cc3c(c1C2=O)C(O)C(O)C(C)(O)C3O. The zero-order chi connectivity index (χ0) is 19.0. The minimum absolute atomic E-state index is 0.000556. The maximum Gasteiger partial charge on any atom is 0.194 e. The predicted octanol–water partition coefficient (Wildman–Crippen LogP) is 0.804. The fourth-order valence-corrected chi connectivity index (χ4v) is 3.98. The maximum atomic E-state index is 13.0. The van der Waals surface area contributed by atoms with Gasteiger partial charge in [-0.2, -0.15) is 0 Å². The summed E-state index contributed by atoms with van der Waals surface area (Å²) in [6, 6.07) is 6.06. The summed E-state index contributed by atoms with van der Waals surface area (Å²) in [5.41, 5.74) is -1.17. The summed E-state index contributed by atoms with van der Waals surface area (Å²) in [5, 5.41) is 52.2. The lowest BCUT2D eigenvalue weighted by atomic mass is 9.73. The molecule has 4 atom stereocenters. The Morgan fingerprint density at radius 3 is 2.46 bits per heavy atom. The quantitative estimate of drug-likeness (QED) is 0.435. The number of phenols is 1. The minimum Gasteiger partial charge on any atom is -0.507 e. The maximum absolute atomic E-state index is 13.0.